The van der Waals surface area contributed by atoms with Gasteiger partial charge in [0.15, 0.2) is 0 Å². The maximum absolute atomic E-state index is 14.1. The molecule has 1 aliphatic heterocycles. The lowest BCUT2D eigenvalue weighted by atomic mass is 10.1. The fourth-order valence-corrected chi connectivity index (χ4v) is 2.92. The molecule has 1 fully saturated rings. The molecule has 2 nitrogen and oxygen atoms in total. The molecule has 2 aromatic rings. The van der Waals surface area contributed by atoms with Crippen LogP contribution in [0.1, 0.15) is 11.1 Å². The quantitative estimate of drug-likeness (QED) is 0.908. The van der Waals surface area contributed by atoms with E-state index in [2.05, 4.69) is 34.5 Å². The number of hydrogen-bond donors (Lipinski definition) is 1. The Bertz CT molecular complexity index is 502. The number of rotatable bonds is 5. The highest BCUT2D eigenvalue weighted by Gasteiger charge is 2.31. The predicted molar refractivity (Wildman–Crippen MR) is 83.7 cm³/mol. The lowest BCUT2D eigenvalue weighted by molar-refractivity contribution is 0.129. The monoisotopic (exact) mass is 284 g/mol. The molecule has 1 saturated heterocycles. The zero-order valence-electron chi connectivity index (χ0n) is 12.1. The lowest BCUT2D eigenvalue weighted by Crippen LogP contribution is -2.40. The fourth-order valence-electron chi connectivity index (χ4n) is 2.92. The normalized spacial score (nSPS) is 21.8. The van der Waals surface area contributed by atoms with Crippen molar-refractivity contribution in [3.05, 3.63) is 71.8 Å². The van der Waals surface area contributed by atoms with Crippen molar-refractivity contribution in [2.75, 3.05) is 13.1 Å². The average molecular weight is 284 g/mol. The number of nitrogens with one attached hydrogen (secondary N) is 1. The van der Waals surface area contributed by atoms with Gasteiger partial charge in [0.1, 0.15) is 6.17 Å². The summed E-state index contributed by atoms with van der Waals surface area (Å²) in [5, 5.41) is 3.16. The molecule has 1 heterocycles. The highest BCUT2D eigenvalue weighted by molar-refractivity contribution is 5.17. The first-order valence-electron chi connectivity index (χ1n) is 7.49. The van der Waals surface area contributed by atoms with Gasteiger partial charge in [-0.05, 0) is 11.1 Å². The molecule has 3 rings (SSSR count). The van der Waals surface area contributed by atoms with Crippen LogP contribution in [0.25, 0.3) is 0 Å². The average Bonchev–Trinajstić information content (AvgIpc) is 2.95. The number of hydrogen-bond acceptors (Lipinski definition) is 2. The van der Waals surface area contributed by atoms with Crippen molar-refractivity contribution in [2.24, 2.45) is 0 Å². The smallest absolute Gasteiger partial charge is 0.129 e. The minimum absolute atomic E-state index is 0.0505. The van der Waals surface area contributed by atoms with E-state index in [4.69, 9.17) is 0 Å². The molecular formula is C18H21FN2. The van der Waals surface area contributed by atoms with Crippen molar-refractivity contribution < 1.29 is 4.39 Å². The van der Waals surface area contributed by atoms with Crippen LogP contribution in [0.3, 0.4) is 0 Å². The van der Waals surface area contributed by atoms with Crippen LogP contribution in [0.2, 0.25) is 0 Å². The first-order valence-corrected chi connectivity index (χ1v) is 7.49. The van der Waals surface area contributed by atoms with Crippen molar-refractivity contribution in [1.29, 1.82) is 0 Å². The molecular weight excluding hydrogens is 263 g/mol. The Morgan fingerprint density at radius 1 is 0.857 bits per heavy atom. The van der Waals surface area contributed by atoms with E-state index in [0.29, 0.717) is 6.54 Å². The lowest BCUT2D eigenvalue weighted by Gasteiger charge is -2.30. The van der Waals surface area contributed by atoms with Crippen molar-refractivity contribution in [2.45, 2.75) is 25.3 Å². The van der Waals surface area contributed by atoms with Gasteiger partial charge in [-0.1, -0.05) is 60.7 Å². The summed E-state index contributed by atoms with van der Waals surface area (Å²) in [4.78, 5) is 2.25. The van der Waals surface area contributed by atoms with Crippen LogP contribution in [0, 0.1) is 0 Å². The predicted octanol–water partition coefficient (Wildman–Crippen LogP) is 3.00. The van der Waals surface area contributed by atoms with Crippen molar-refractivity contribution >= 4 is 0 Å². The third kappa shape index (κ3) is 3.69. The second kappa shape index (κ2) is 6.83. The molecule has 0 aromatic heterocycles. The van der Waals surface area contributed by atoms with Crippen LogP contribution in [-0.4, -0.2) is 30.2 Å². The van der Waals surface area contributed by atoms with Gasteiger partial charge >= 0.3 is 0 Å². The van der Waals surface area contributed by atoms with Gasteiger partial charge in [0.2, 0.25) is 0 Å². The molecule has 0 bridgehead atoms. The summed E-state index contributed by atoms with van der Waals surface area (Å²) in [6.07, 6.45) is -0.794. The molecule has 110 valence electrons. The van der Waals surface area contributed by atoms with Gasteiger partial charge in [-0.2, -0.15) is 0 Å². The third-order valence-electron chi connectivity index (χ3n) is 4.04. The van der Waals surface area contributed by atoms with Gasteiger partial charge in [-0.15, -0.1) is 0 Å². The summed E-state index contributed by atoms with van der Waals surface area (Å²) in [6.45, 7) is 2.75. The van der Waals surface area contributed by atoms with Crippen LogP contribution >= 0.6 is 0 Å². The van der Waals surface area contributed by atoms with Crippen LogP contribution in [0.5, 0.6) is 0 Å². The van der Waals surface area contributed by atoms with Gasteiger partial charge < -0.3 is 5.32 Å². The summed E-state index contributed by atoms with van der Waals surface area (Å²) in [5.41, 5.74) is 2.46. The molecule has 0 radical (unpaired) electrons. The summed E-state index contributed by atoms with van der Waals surface area (Å²) in [7, 11) is 0. The maximum atomic E-state index is 14.1. The molecule has 3 heteroatoms. The highest BCUT2D eigenvalue weighted by Crippen LogP contribution is 2.19. The SMILES string of the molecule is F[C@@H]1CNCC1N(Cc1ccccc1)Cc1ccccc1. The molecule has 21 heavy (non-hydrogen) atoms. The maximum Gasteiger partial charge on any atom is 0.129 e. The Morgan fingerprint density at radius 3 is 1.81 bits per heavy atom. The van der Waals surface area contributed by atoms with Gasteiger partial charge in [0, 0.05) is 26.2 Å². The zero-order valence-corrected chi connectivity index (χ0v) is 12.1. The van der Waals surface area contributed by atoms with E-state index >= 15 is 0 Å². The molecule has 1 aliphatic rings. The van der Waals surface area contributed by atoms with E-state index in [0.717, 1.165) is 19.6 Å². The second-order valence-electron chi connectivity index (χ2n) is 5.62. The van der Waals surface area contributed by atoms with E-state index in [9.17, 15) is 4.39 Å². The van der Waals surface area contributed by atoms with Gasteiger partial charge in [-0.25, -0.2) is 4.39 Å². The van der Waals surface area contributed by atoms with Crippen LogP contribution in [0.15, 0.2) is 60.7 Å². The van der Waals surface area contributed by atoms with E-state index < -0.39 is 6.17 Å². The van der Waals surface area contributed by atoms with Crippen molar-refractivity contribution in [3.8, 4) is 0 Å². The van der Waals surface area contributed by atoms with E-state index in [1.165, 1.54) is 11.1 Å². The molecule has 0 saturated carbocycles. The third-order valence-corrected chi connectivity index (χ3v) is 4.04. The molecule has 2 aromatic carbocycles. The molecule has 0 aliphatic carbocycles. The highest BCUT2D eigenvalue weighted by atomic mass is 19.1. The Hall–Kier alpha value is -1.71. The first-order chi connectivity index (χ1) is 10.3. The minimum atomic E-state index is -0.794. The summed E-state index contributed by atoms with van der Waals surface area (Å²) in [5.74, 6) is 0. The van der Waals surface area contributed by atoms with Crippen LogP contribution in [0.4, 0.5) is 4.39 Å². The van der Waals surface area contributed by atoms with E-state index in [1.54, 1.807) is 0 Å². The topological polar surface area (TPSA) is 15.3 Å². The molecule has 1 N–H and O–H groups in total. The number of nitrogens with zero attached hydrogens (tertiary/aromatic N) is 1. The standard InChI is InChI=1S/C18H21FN2/c19-17-11-20-12-18(17)21(13-15-7-3-1-4-8-15)14-16-9-5-2-6-10-16/h1-10,17-18,20H,11-14H2/t17-,18?/m1/s1. The zero-order chi connectivity index (χ0) is 14.5. The molecule has 1 unspecified atom stereocenters. The molecule has 0 spiro atoms. The Labute approximate surface area is 125 Å². The van der Waals surface area contributed by atoms with Gasteiger partial charge in [-0.3, -0.25) is 4.90 Å². The second-order valence-corrected chi connectivity index (χ2v) is 5.62. The van der Waals surface area contributed by atoms with Crippen molar-refractivity contribution in [1.82, 2.24) is 10.2 Å². The molecule has 0 amide bonds. The van der Waals surface area contributed by atoms with E-state index in [-0.39, 0.29) is 6.04 Å². The largest absolute Gasteiger partial charge is 0.312 e. The summed E-state index contributed by atoms with van der Waals surface area (Å²) in [6, 6.07) is 20.5. The number of halogens is 1. The van der Waals surface area contributed by atoms with Crippen LogP contribution < -0.4 is 5.32 Å². The van der Waals surface area contributed by atoms with Gasteiger partial charge in [0.25, 0.3) is 0 Å². The van der Waals surface area contributed by atoms with E-state index in [1.807, 2.05) is 36.4 Å². The summed E-state index contributed by atoms with van der Waals surface area (Å²) >= 11 is 0. The number of benzene rings is 2. The number of alkyl halides is 1. The summed E-state index contributed by atoms with van der Waals surface area (Å²) < 4.78 is 14.1. The molecule has 2 atom stereocenters. The Morgan fingerprint density at radius 2 is 1.38 bits per heavy atom. The van der Waals surface area contributed by atoms with Gasteiger partial charge in [0.05, 0.1) is 6.04 Å². The Kier molecular flexibility index (Phi) is 4.63. The Balaban J connectivity index is 1.77. The van der Waals surface area contributed by atoms with Crippen molar-refractivity contribution in [3.63, 3.8) is 0 Å². The first kappa shape index (κ1) is 14.2. The fraction of sp³-hybridized carbons (Fsp3) is 0.333. The minimum Gasteiger partial charge on any atom is -0.312 e. The van der Waals surface area contributed by atoms with Crippen LogP contribution in [-0.2, 0) is 13.1 Å².